The van der Waals surface area contributed by atoms with Gasteiger partial charge in [-0.1, -0.05) is 42.5 Å². The topological polar surface area (TPSA) is 79.3 Å². The minimum Gasteiger partial charge on any atom is -0.345 e. The summed E-state index contributed by atoms with van der Waals surface area (Å²) in [5, 5.41) is 5.75. The average Bonchev–Trinajstić information content (AvgIpc) is 3.11. The second-order valence-corrected chi connectivity index (χ2v) is 7.21. The molecule has 4 aromatic rings. The van der Waals surface area contributed by atoms with Crippen LogP contribution in [-0.4, -0.2) is 20.5 Å². The maximum atomic E-state index is 13.4. The summed E-state index contributed by atoms with van der Waals surface area (Å²) < 4.78 is 15.0. The lowest BCUT2D eigenvalue weighted by molar-refractivity contribution is -0.121. The Morgan fingerprint density at radius 3 is 2.47 bits per heavy atom. The Kier molecular flexibility index (Phi) is 5.18. The second kappa shape index (κ2) is 7.94. The van der Waals surface area contributed by atoms with Crippen LogP contribution in [0.3, 0.4) is 0 Å². The Labute approximate surface area is 172 Å². The van der Waals surface area contributed by atoms with E-state index in [-0.39, 0.29) is 23.7 Å². The third-order valence-corrected chi connectivity index (χ3v) is 5.18. The first-order chi connectivity index (χ1) is 14.4. The minimum absolute atomic E-state index is 0.103. The van der Waals surface area contributed by atoms with Crippen molar-refractivity contribution in [2.45, 2.75) is 26.3 Å². The van der Waals surface area contributed by atoms with Crippen molar-refractivity contribution < 1.29 is 9.18 Å². The van der Waals surface area contributed by atoms with Crippen molar-refractivity contribution in [3.05, 3.63) is 105 Å². The molecule has 2 aromatic carbocycles. The molecule has 6 nitrogen and oxygen atoms in total. The standard InChI is InChI=1S/C23H21FN4O2/c1-14-19(15(2)28-20(25-14)13-22(30)27-28)12-21(29)26-23(16-6-4-3-5-7-16)17-8-10-18(24)11-9-17/h3-11,13,23H,12H2,1-2H3,(H,26,29)(H,27,30). The first-order valence-corrected chi connectivity index (χ1v) is 9.60. The van der Waals surface area contributed by atoms with Crippen LogP contribution in [0.5, 0.6) is 0 Å². The Morgan fingerprint density at radius 1 is 1.10 bits per heavy atom. The second-order valence-electron chi connectivity index (χ2n) is 7.21. The Hall–Kier alpha value is -3.74. The van der Waals surface area contributed by atoms with E-state index in [2.05, 4.69) is 15.4 Å². The summed E-state index contributed by atoms with van der Waals surface area (Å²) in [6.07, 6.45) is 0.103. The van der Waals surface area contributed by atoms with Crippen molar-refractivity contribution in [1.82, 2.24) is 19.9 Å². The van der Waals surface area contributed by atoms with Gasteiger partial charge in [-0.3, -0.25) is 14.7 Å². The number of carbonyl (C=O) groups is 1. The highest BCUT2D eigenvalue weighted by Crippen LogP contribution is 2.23. The van der Waals surface area contributed by atoms with E-state index < -0.39 is 6.04 Å². The fourth-order valence-electron chi connectivity index (χ4n) is 3.64. The molecular weight excluding hydrogens is 383 g/mol. The number of carbonyl (C=O) groups excluding carboxylic acids is 1. The van der Waals surface area contributed by atoms with Gasteiger partial charge in [0.05, 0.1) is 12.5 Å². The summed E-state index contributed by atoms with van der Waals surface area (Å²) >= 11 is 0. The molecule has 0 radical (unpaired) electrons. The number of rotatable bonds is 5. The molecule has 0 aliphatic carbocycles. The minimum atomic E-state index is -0.414. The molecule has 0 aliphatic heterocycles. The molecule has 0 saturated heterocycles. The van der Waals surface area contributed by atoms with Crippen molar-refractivity contribution >= 4 is 11.6 Å². The van der Waals surface area contributed by atoms with Gasteiger partial charge in [-0.15, -0.1) is 0 Å². The number of H-pyrrole nitrogens is 1. The van der Waals surface area contributed by atoms with Crippen molar-refractivity contribution in [2.24, 2.45) is 0 Å². The highest BCUT2D eigenvalue weighted by molar-refractivity contribution is 5.80. The monoisotopic (exact) mass is 404 g/mol. The van der Waals surface area contributed by atoms with Gasteiger partial charge in [-0.25, -0.2) is 13.9 Å². The summed E-state index contributed by atoms with van der Waals surface area (Å²) in [4.78, 5) is 29.1. The number of benzene rings is 2. The van der Waals surface area contributed by atoms with Gasteiger partial charge in [0.15, 0.2) is 5.65 Å². The molecule has 2 heterocycles. The molecule has 0 fully saturated rings. The Morgan fingerprint density at radius 2 is 1.77 bits per heavy atom. The van der Waals surface area contributed by atoms with E-state index in [9.17, 15) is 14.0 Å². The lowest BCUT2D eigenvalue weighted by Crippen LogP contribution is -2.31. The van der Waals surface area contributed by atoms with E-state index in [1.54, 1.807) is 16.6 Å². The van der Waals surface area contributed by atoms with Crippen LogP contribution in [0.15, 0.2) is 65.5 Å². The number of aryl methyl sites for hydroxylation is 2. The summed E-state index contributed by atoms with van der Waals surface area (Å²) in [6.45, 7) is 3.66. The Balaban J connectivity index is 1.64. The number of halogens is 1. The molecule has 7 heteroatoms. The van der Waals surface area contributed by atoms with Crippen LogP contribution in [0.2, 0.25) is 0 Å². The molecule has 1 unspecified atom stereocenters. The molecule has 30 heavy (non-hydrogen) atoms. The third-order valence-electron chi connectivity index (χ3n) is 5.18. The molecule has 1 atom stereocenters. The quantitative estimate of drug-likeness (QED) is 0.536. The number of aromatic nitrogens is 3. The number of hydrogen-bond acceptors (Lipinski definition) is 3. The van der Waals surface area contributed by atoms with Crippen LogP contribution in [-0.2, 0) is 11.2 Å². The largest absolute Gasteiger partial charge is 0.345 e. The summed E-state index contributed by atoms with van der Waals surface area (Å²) in [7, 11) is 0. The van der Waals surface area contributed by atoms with Crippen LogP contribution in [0.25, 0.3) is 5.65 Å². The number of nitrogens with one attached hydrogen (secondary N) is 2. The van der Waals surface area contributed by atoms with Crippen molar-refractivity contribution in [3.8, 4) is 0 Å². The van der Waals surface area contributed by atoms with Gasteiger partial charge < -0.3 is 5.32 Å². The molecule has 152 valence electrons. The average molecular weight is 404 g/mol. The third kappa shape index (κ3) is 3.87. The highest BCUT2D eigenvalue weighted by atomic mass is 19.1. The van der Waals surface area contributed by atoms with Gasteiger partial charge in [0, 0.05) is 23.0 Å². The van der Waals surface area contributed by atoms with Crippen molar-refractivity contribution in [3.63, 3.8) is 0 Å². The van der Waals surface area contributed by atoms with Gasteiger partial charge in [0.2, 0.25) is 5.91 Å². The molecule has 4 rings (SSSR count). The molecule has 0 spiro atoms. The van der Waals surface area contributed by atoms with E-state index in [0.29, 0.717) is 11.3 Å². The Bertz CT molecular complexity index is 1260. The van der Waals surface area contributed by atoms with E-state index in [0.717, 1.165) is 22.4 Å². The SMILES string of the molecule is Cc1nc2cc(=O)[nH]n2c(C)c1CC(=O)NC(c1ccccc1)c1ccc(F)cc1. The zero-order valence-electron chi connectivity index (χ0n) is 16.6. The number of fused-ring (bicyclic) bond motifs is 1. The summed E-state index contributed by atoms with van der Waals surface area (Å²) in [5.41, 5.74) is 4.16. The van der Waals surface area contributed by atoms with Gasteiger partial charge in [-0.05, 0) is 37.1 Å². The zero-order valence-corrected chi connectivity index (χ0v) is 16.6. The van der Waals surface area contributed by atoms with Crippen LogP contribution < -0.4 is 10.9 Å². The fraction of sp³-hybridized carbons (Fsp3) is 0.174. The smallest absolute Gasteiger partial charge is 0.266 e. The van der Waals surface area contributed by atoms with Crippen molar-refractivity contribution in [1.29, 1.82) is 0 Å². The van der Waals surface area contributed by atoms with Crippen LogP contribution >= 0.6 is 0 Å². The van der Waals surface area contributed by atoms with Gasteiger partial charge in [0.25, 0.3) is 5.56 Å². The maximum absolute atomic E-state index is 13.4. The van der Waals surface area contributed by atoms with Gasteiger partial charge in [-0.2, -0.15) is 0 Å². The van der Waals surface area contributed by atoms with E-state index >= 15 is 0 Å². The number of nitrogens with zero attached hydrogens (tertiary/aromatic N) is 2. The zero-order chi connectivity index (χ0) is 21.3. The number of amides is 1. The summed E-state index contributed by atoms with van der Waals surface area (Å²) in [5.74, 6) is -0.529. The summed E-state index contributed by atoms with van der Waals surface area (Å²) in [6, 6.07) is 16.6. The first-order valence-electron chi connectivity index (χ1n) is 9.60. The molecular formula is C23H21FN4O2. The van der Waals surface area contributed by atoms with E-state index in [1.165, 1.54) is 18.2 Å². The predicted molar refractivity (Wildman–Crippen MR) is 112 cm³/mol. The highest BCUT2D eigenvalue weighted by Gasteiger charge is 2.19. The van der Waals surface area contributed by atoms with Crippen LogP contribution in [0.1, 0.15) is 34.1 Å². The molecule has 2 aromatic heterocycles. The van der Waals surface area contributed by atoms with Crippen LogP contribution in [0.4, 0.5) is 4.39 Å². The first kappa shape index (κ1) is 19.6. The van der Waals surface area contributed by atoms with Gasteiger partial charge >= 0.3 is 0 Å². The lowest BCUT2D eigenvalue weighted by Gasteiger charge is -2.21. The lowest BCUT2D eigenvalue weighted by atomic mass is 9.98. The number of hydrogen-bond donors (Lipinski definition) is 2. The number of aromatic amines is 1. The fourth-order valence-corrected chi connectivity index (χ4v) is 3.64. The van der Waals surface area contributed by atoms with E-state index in [1.807, 2.05) is 44.2 Å². The van der Waals surface area contributed by atoms with E-state index in [4.69, 9.17) is 0 Å². The molecule has 0 saturated carbocycles. The molecule has 0 aliphatic rings. The molecule has 1 amide bonds. The normalized spacial score (nSPS) is 12.1. The van der Waals surface area contributed by atoms with Crippen LogP contribution in [0, 0.1) is 19.7 Å². The molecule has 0 bridgehead atoms. The van der Waals surface area contributed by atoms with Crippen molar-refractivity contribution in [2.75, 3.05) is 0 Å². The molecule has 2 N–H and O–H groups in total. The maximum Gasteiger partial charge on any atom is 0.266 e. The van der Waals surface area contributed by atoms with Gasteiger partial charge in [0.1, 0.15) is 5.82 Å². The predicted octanol–water partition coefficient (Wildman–Crippen LogP) is 3.23.